The zero-order valence-corrected chi connectivity index (χ0v) is 24.3. The lowest BCUT2D eigenvalue weighted by Gasteiger charge is -2.09. The second kappa shape index (κ2) is 13.7. The molecular weight excluding hydrogens is 610 g/mol. The number of hydrogen-bond acceptors (Lipinski definition) is 7. The van der Waals surface area contributed by atoms with Crippen molar-refractivity contribution in [1.82, 2.24) is 5.43 Å². The number of amides is 1. The molecule has 0 aliphatic heterocycles. The van der Waals surface area contributed by atoms with E-state index < -0.39 is 21.9 Å². The number of rotatable bonds is 11. The van der Waals surface area contributed by atoms with E-state index in [0.717, 1.165) is 10.9 Å². The molecule has 0 saturated carbocycles. The van der Waals surface area contributed by atoms with Crippen LogP contribution < -0.4 is 19.6 Å². The van der Waals surface area contributed by atoms with Gasteiger partial charge in [0.1, 0.15) is 11.5 Å². The number of nitrogens with one attached hydrogen (secondary N) is 2. The minimum atomic E-state index is -3.75. The molecule has 1 amide bonds. The van der Waals surface area contributed by atoms with Crippen LogP contribution in [-0.4, -0.2) is 33.1 Å². The lowest BCUT2D eigenvalue weighted by molar-refractivity contribution is 0.0734. The summed E-state index contributed by atoms with van der Waals surface area (Å²) in [5, 5.41) is 4.00. The summed E-state index contributed by atoms with van der Waals surface area (Å²) in [6.07, 6.45) is 2.23. The number of halogens is 1. The fourth-order valence-corrected chi connectivity index (χ4v) is 4.97. The van der Waals surface area contributed by atoms with Crippen LogP contribution in [0.4, 0.5) is 5.69 Å². The number of benzene rings is 4. The van der Waals surface area contributed by atoms with Crippen molar-refractivity contribution in [3.8, 4) is 11.5 Å². The molecule has 11 heteroatoms. The molecule has 0 atom stereocenters. The van der Waals surface area contributed by atoms with Gasteiger partial charge in [0.25, 0.3) is 15.9 Å². The van der Waals surface area contributed by atoms with Crippen molar-refractivity contribution in [2.75, 3.05) is 11.3 Å². The number of carbonyl (C=O) groups is 2. The third-order valence-corrected chi connectivity index (χ3v) is 7.45. The first-order chi connectivity index (χ1) is 19.7. The molecule has 2 N–H and O–H groups in total. The Morgan fingerprint density at radius 2 is 1.59 bits per heavy atom. The molecule has 0 radical (unpaired) electrons. The summed E-state index contributed by atoms with van der Waals surface area (Å²) in [6.45, 7) is 2.60. The molecule has 0 saturated heterocycles. The molecule has 0 bridgehead atoms. The lowest BCUT2D eigenvalue weighted by atomic mass is 10.2. The molecule has 0 fully saturated rings. The van der Waals surface area contributed by atoms with Gasteiger partial charge < -0.3 is 9.47 Å². The SMILES string of the molecule is CCCOc1ccc(C(=O)Oc2ccc(Br)cc2C=NNC(=O)c2ccc(NS(=O)(=O)c3ccccc3)cc2)cc1. The van der Waals surface area contributed by atoms with Gasteiger partial charge in [0, 0.05) is 21.3 Å². The molecule has 0 unspecified atom stereocenters. The number of hydrazone groups is 1. The van der Waals surface area contributed by atoms with Crippen molar-refractivity contribution < 1.29 is 27.5 Å². The third-order valence-electron chi connectivity index (χ3n) is 5.56. The van der Waals surface area contributed by atoms with Gasteiger partial charge in [0.15, 0.2) is 0 Å². The highest BCUT2D eigenvalue weighted by Crippen LogP contribution is 2.23. The summed E-state index contributed by atoms with van der Waals surface area (Å²) < 4.78 is 39.3. The Bertz CT molecular complexity index is 1640. The molecule has 0 aliphatic carbocycles. The Balaban J connectivity index is 1.38. The quantitative estimate of drug-likeness (QED) is 0.0899. The summed E-state index contributed by atoms with van der Waals surface area (Å²) in [7, 11) is -3.75. The van der Waals surface area contributed by atoms with Gasteiger partial charge in [-0.25, -0.2) is 18.6 Å². The number of sulfonamides is 1. The normalized spacial score (nSPS) is 11.2. The van der Waals surface area contributed by atoms with Gasteiger partial charge in [-0.15, -0.1) is 0 Å². The molecular formula is C30H26BrN3O6S. The molecule has 41 heavy (non-hydrogen) atoms. The fourth-order valence-electron chi connectivity index (χ4n) is 3.51. The number of carbonyl (C=O) groups excluding carboxylic acids is 2. The lowest BCUT2D eigenvalue weighted by Crippen LogP contribution is -2.18. The van der Waals surface area contributed by atoms with E-state index in [2.05, 4.69) is 31.2 Å². The van der Waals surface area contributed by atoms with Crippen LogP contribution in [0.1, 0.15) is 39.6 Å². The summed E-state index contributed by atoms with van der Waals surface area (Å²) >= 11 is 3.38. The Morgan fingerprint density at radius 1 is 0.902 bits per heavy atom. The third kappa shape index (κ3) is 8.26. The van der Waals surface area contributed by atoms with E-state index >= 15 is 0 Å². The monoisotopic (exact) mass is 635 g/mol. The fraction of sp³-hybridized carbons (Fsp3) is 0.100. The summed E-state index contributed by atoms with van der Waals surface area (Å²) in [6, 6.07) is 25.5. The molecule has 0 aromatic heterocycles. The summed E-state index contributed by atoms with van der Waals surface area (Å²) in [5.74, 6) is -0.162. The largest absolute Gasteiger partial charge is 0.494 e. The van der Waals surface area contributed by atoms with E-state index in [1.165, 1.54) is 42.6 Å². The summed E-state index contributed by atoms with van der Waals surface area (Å²) in [4.78, 5) is 25.4. The molecule has 9 nitrogen and oxygen atoms in total. The first-order valence-electron chi connectivity index (χ1n) is 12.5. The van der Waals surface area contributed by atoms with E-state index in [-0.39, 0.29) is 16.2 Å². The second-order valence-corrected chi connectivity index (χ2v) is 11.2. The van der Waals surface area contributed by atoms with E-state index in [1.807, 2.05) is 6.92 Å². The van der Waals surface area contributed by atoms with Crippen molar-refractivity contribution in [3.05, 3.63) is 118 Å². The van der Waals surface area contributed by atoms with Gasteiger partial charge in [-0.2, -0.15) is 5.10 Å². The first-order valence-corrected chi connectivity index (χ1v) is 14.8. The van der Waals surface area contributed by atoms with Crippen molar-refractivity contribution in [3.63, 3.8) is 0 Å². The van der Waals surface area contributed by atoms with Crippen LogP contribution in [0.15, 0.2) is 112 Å². The molecule has 0 spiro atoms. The van der Waals surface area contributed by atoms with Crippen LogP contribution >= 0.6 is 15.9 Å². The zero-order chi connectivity index (χ0) is 29.2. The van der Waals surface area contributed by atoms with Crippen LogP contribution in [0, 0.1) is 0 Å². The molecule has 0 heterocycles. The van der Waals surface area contributed by atoms with Crippen LogP contribution in [0.5, 0.6) is 11.5 Å². The smallest absolute Gasteiger partial charge is 0.343 e. The van der Waals surface area contributed by atoms with Gasteiger partial charge in [-0.1, -0.05) is 41.1 Å². The van der Waals surface area contributed by atoms with Crippen molar-refractivity contribution in [1.29, 1.82) is 0 Å². The van der Waals surface area contributed by atoms with Gasteiger partial charge in [-0.05, 0) is 85.3 Å². The number of anilines is 1. The minimum Gasteiger partial charge on any atom is -0.494 e. The molecule has 0 aliphatic rings. The summed E-state index contributed by atoms with van der Waals surface area (Å²) in [5.41, 5.74) is 3.78. The predicted molar refractivity (Wildman–Crippen MR) is 160 cm³/mol. The Morgan fingerprint density at radius 3 is 2.27 bits per heavy atom. The van der Waals surface area contributed by atoms with E-state index in [9.17, 15) is 18.0 Å². The number of ether oxygens (including phenoxy) is 2. The molecule has 4 aromatic carbocycles. The van der Waals surface area contributed by atoms with Crippen LogP contribution in [-0.2, 0) is 10.0 Å². The Hall–Kier alpha value is -4.48. The van der Waals surface area contributed by atoms with Crippen molar-refractivity contribution in [2.45, 2.75) is 18.2 Å². The van der Waals surface area contributed by atoms with Gasteiger partial charge >= 0.3 is 5.97 Å². The number of esters is 1. The number of nitrogens with zero attached hydrogens (tertiary/aromatic N) is 1. The highest BCUT2D eigenvalue weighted by atomic mass is 79.9. The van der Waals surface area contributed by atoms with Gasteiger partial charge in [-0.3, -0.25) is 9.52 Å². The van der Waals surface area contributed by atoms with Gasteiger partial charge in [0.05, 0.1) is 23.3 Å². The number of hydrogen-bond donors (Lipinski definition) is 2. The Labute approximate surface area is 246 Å². The molecule has 210 valence electrons. The average molecular weight is 637 g/mol. The maximum absolute atomic E-state index is 12.7. The van der Waals surface area contributed by atoms with Crippen LogP contribution in [0.2, 0.25) is 0 Å². The van der Waals surface area contributed by atoms with Crippen LogP contribution in [0.25, 0.3) is 0 Å². The van der Waals surface area contributed by atoms with E-state index in [0.29, 0.717) is 29.2 Å². The highest BCUT2D eigenvalue weighted by Gasteiger charge is 2.15. The standard InChI is InChI=1S/C30H26BrN3O6S/c1-2-18-39-26-15-10-22(11-16-26)30(36)40-28-17-12-24(31)19-23(28)20-32-33-29(35)21-8-13-25(14-9-21)34-41(37,38)27-6-4-3-5-7-27/h3-17,19-20,34H,2,18H2,1H3,(H,33,35). The maximum atomic E-state index is 12.7. The van der Waals surface area contributed by atoms with E-state index in [4.69, 9.17) is 9.47 Å². The van der Waals surface area contributed by atoms with Gasteiger partial charge in [0.2, 0.25) is 0 Å². The molecule has 4 aromatic rings. The topological polar surface area (TPSA) is 123 Å². The van der Waals surface area contributed by atoms with E-state index in [1.54, 1.807) is 60.7 Å². The highest BCUT2D eigenvalue weighted by molar-refractivity contribution is 9.10. The average Bonchev–Trinajstić information content (AvgIpc) is 2.98. The Kier molecular flexibility index (Phi) is 9.88. The van der Waals surface area contributed by atoms with Crippen molar-refractivity contribution in [2.24, 2.45) is 5.10 Å². The zero-order valence-electron chi connectivity index (χ0n) is 21.9. The maximum Gasteiger partial charge on any atom is 0.343 e. The minimum absolute atomic E-state index is 0.128. The molecule has 4 rings (SSSR count). The predicted octanol–water partition coefficient (Wildman–Crippen LogP) is 6.02. The first kappa shape index (κ1) is 29.5. The second-order valence-electron chi connectivity index (χ2n) is 8.64. The van der Waals surface area contributed by atoms with Crippen LogP contribution in [0.3, 0.4) is 0 Å². The van der Waals surface area contributed by atoms with Crippen molar-refractivity contribution >= 4 is 49.7 Å².